The third-order valence-corrected chi connectivity index (χ3v) is 3.65. The first-order valence-corrected chi connectivity index (χ1v) is 6.98. The molecule has 1 aromatic heterocycles. The van der Waals surface area contributed by atoms with Gasteiger partial charge in [0.15, 0.2) is 11.5 Å². The second-order valence-electron chi connectivity index (χ2n) is 4.67. The van der Waals surface area contributed by atoms with Crippen LogP contribution in [-0.2, 0) is 0 Å². The Morgan fingerprint density at radius 1 is 0.905 bits per heavy atom. The lowest BCUT2D eigenvalue weighted by molar-refractivity contribution is 0.356. The van der Waals surface area contributed by atoms with E-state index in [9.17, 15) is 0 Å². The van der Waals surface area contributed by atoms with E-state index < -0.39 is 0 Å². The molecule has 0 aliphatic heterocycles. The molecule has 0 aliphatic rings. The summed E-state index contributed by atoms with van der Waals surface area (Å²) in [5.41, 5.74) is 3.13. The number of hydrogen-bond acceptors (Lipinski definition) is 3. The van der Waals surface area contributed by atoms with Gasteiger partial charge in [0.25, 0.3) is 0 Å². The van der Waals surface area contributed by atoms with Crippen LogP contribution in [0.15, 0.2) is 48.5 Å². The molecule has 2 aromatic carbocycles. The molecule has 3 rings (SSSR count). The average molecular weight is 297 g/mol. The summed E-state index contributed by atoms with van der Waals surface area (Å²) in [6, 6.07) is 16.0. The van der Waals surface area contributed by atoms with Gasteiger partial charge in [-0.1, -0.05) is 42.5 Å². The minimum absolute atomic E-state index is 0.681. The zero-order valence-corrected chi connectivity index (χ0v) is 12.7. The highest BCUT2D eigenvalue weighted by atomic mass is 32.1. The number of H-pyrrole nitrogens is 1. The van der Waals surface area contributed by atoms with E-state index in [-0.39, 0.29) is 0 Å². The lowest BCUT2D eigenvalue weighted by atomic mass is 10.0. The van der Waals surface area contributed by atoms with Crippen molar-refractivity contribution in [2.45, 2.75) is 0 Å². The number of benzene rings is 2. The number of ether oxygens (including phenoxy) is 2. The number of methoxy groups -OCH3 is 2. The van der Waals surface area contributed by atoms with Gasteiger partial charge in [-0.15, -0.1) is 0 Å². The molecule has 0 radical (unpaired) electrons. The van der Waals surface area contributed by atoms with Crippen molar-refractivity contribution in [3.05, 3.63) is 53.2 Å². The van der Waals surface area contributed by atoms with Crippen molar-refractivity contribution >= 4 is 23.1 Å². The fourth-order valence-electron chi connectivity index (χ4n) is 2.44. The largest absolute Gasteiger partial charge is 0.493 e. The van der Waals surface area contributed by atoms with Crippen molar-refractivity contribution in [1.82, 2.24) is 4.98 Å². The molecule has 3 nitrogen and oxygen atoms in total. The zero-order chi connectivity index (χ0) is 14.8. The highest BCUT2D eigenvalue weighted by Gasteiger charge is 2.10. The maximum absolute atomic E-state index is 5.40. The van der Waals surface area contributed by atoms with Crippen LogP contribution < -0.4 is 9.47 Å². The summed E-state index contributed by atoms with van der Waals surface area (Å²) >= 11 is 5.34. The van der Waals surface area contributed by atoms with Gasteiger partial charge in [-0.25, -0.2) is 0 Å². The molecule has 4 heteroatoms. The molecule has 0 saturated carbocycles. The van der Waals surface area contributed by atoms with E-state index in [1.807, 2.05) is 36.4 Å². The minimum atomic E-state index is 0.681. The number of aromatic amines is 1. The van der Waals surface area contributed by atoms with Crippen molar-refractivity contribution in [1.29, 1.82) is 0 Å². The van der Waals surface area contributed by atoms with Crippen molar-refractivity contribution in [3.63, 3.8) is 0 Å². The van der Waals surface area contributed by atoms with Crippen LogP contribution in [-0.4, -0.2) is 19.2 Å². The smallest absolute Gasteiger partial charge is 0.162 e. The number of hydrogen-bond donors (Lipinski definition) is 1. The fourth-order valence-corrected chi connectivity index (χ4v) is 2.67. The number of pyridine rings is 1. The van der Waals surface area contributed by atoms with Crippen molar-refractivity contribution in [2.24, 2.45) is 0 Å². The van der Waals surface area contributed by atoms with Gasteiger partial charge in [0.1, 0.15) is 4.64 Å². The lowest BCUT2D eigenvalue weighted by Crippen LogP contribution is -1.93. The fraction of sp³-hybridized carbons (Fsp3) is 0.118. The van der Waals surface area contributed by atoms with Crippen LogP contribution in [0.5, 0.6) is 11.5 Å². The standard InChI is InChI=1S/C17H15NO2S/c1-19-15-8-13-12(11-6-4-3-5-7-11)9-17(21)18-14(13)10-16(15)20-2/h3-10H,1-2H3,(H,18,21). The van der Waals surface area contributed by atoms with E-state index in [0.29, 0.717) is 16.1 Å². The third kappa shape index (κ3) is 2.50. The first-order chi connectivity index (χ1) is 10.2. The molecule has 0 bridgehead atoms. The summed E-state index contributed by atoms with van der Waals surface area (Å²) in [6.45, 7) is 0. The SMILES string of the molecule is COc1cc2[nH]c(=S)cc(-c3ccccc3)c2cc1OC. The van der Waals surface area contributed by atoms with Gasteiger partial charge >= 0.3 is 0 Å². The van der Waals surface area contributed by atoms with Crippen LogP contribution in [0, 0.1) is 4.64 Å². The van der Waals surface area contributed by atoms with E-state index in [1.165, 1.54) is 0 Å². The first kappa shape index (κ1) is 13.6. The van der Waals surface area contributed by atoms with Crippen LogP contribution >= 0.6 is 12.2 Å². The maximum Gasteiger partial charge on any atom is 0.162 e. The van der Waals surface area contributed by atoms with Crippen molar-refractivity contribution in [2.75, 3.05) is 14.2 Å². The van der Waals surface area contributed by atoms with E-state index >= 15 is 0 Å². The molecule has 0 spiro atoms. The Bertz CT molecular complexity index is 841. The Morgan fingerprint density at radius 3 is 2.24 bits per heavy atom. The second-order valence-corrected chi connectivity index (χ2v) is 5.11. The second kappa shape index (κ2) is 5.58. The van der Waals surface area contributed by atoms with Gasteiger partial charge in [0.05, 0.1) is 19.7 Å². The van der Waals surface area contributed by atoms with E-state index in [4.69, 9.17) is 21.7 Å². The summed E-state index contributed by atoms with van der Waals surface area (Å²) in [5, 5.41) is 1.05. The van der Waals surface area contributed by atoms with Gasteiger partial charge < -0.3 is 14.5 Å². The number of aromatic nitrogens is 1. The Morgan fingerprint density at radius 2 is 1.57 bits per heavy atom. The number of nitrogens with one attached hydrogen (secondary N) is 1. The minimum Gasteiger partial charge on any atom is -0.493 e. The maximum atomic E-state index is 5.40. The highest BCUT2D eigenvalue weighted by molar-refractivity contribution is 7.71. The summed E-state index contributed by atoms with van der Waals surface area (Å²) in [5.74, 6) is 1.38. The van der Waals surface area contributed by atoms with Crippen LogP contribution in [0.25, 0.3) is 22.0 Å². The predicted molar refractivity (Wildman–Crippen MR) is 87.7 cm³/mol. The first-order valence-electron chi connectivity index (χ1n) is 6.57. The molecule has 3 aromatic rings. The molecule has 1 heterocycles. The quantitative estimate of drug-likeness (QED) is 0.718. The van der Waals surface area contributed by atoms with Gasteiger partial charge in [0.2, 0.25) is 0 Å². The third-order valence-electron chi connectivity index (χ3n) is 3.43. The molecule has 0 unspecified atom stereocenters. The number of fused-ring (bicyclic) bond motifs is 1. The van der Waals surface area contributed by atoms with E-state index in [1.54, 1.807) is 14.2 Å². The summed E-state index contributed by atoms with van der Waals surface area (Å²) in [4.78, 5) is 3.21. The zero-order valence-electron chi connectivity index (χ0n) is 11.8. The van der Waals surface area contributed by atoms with Gasteiger partial charge in [-0.2, -0.15) is 0 Å². The topological polar surface area (TPSA) is 34.2 Å². The van der Waals surface area contributed by atoms with Crippen LogP contribution in [0.1, 0.15) is 0 Å². The Balaban J connectivity index is 2.37. The Labute approximate surface area is 128 Å². The molecule has 106 valence electrons. The summed E-state index contributed by atoms with van der Waals surface area (Å²) in [6.07, 6.45) is 0. The van der Waals surface area contributed by atoms with Crippen LogP contribution in [0.2, 0.25) is 0 Å². The normalized spacial score (nSPS) is 10.6. The number of rotatable bonds is 3. The molecule has 0 fully saturated rings. The monoisotopic (exact) mass is 297 g/mol. The molecule has 0 saturated heterocycles. The Kier molecular flexibility index (Phi) is 3.62. The molecule has 0 atom stereocenters. The Hall–Kier alpha value is -2.33. The van der Waals surface area contributed by atoms with Crippen LogP contribution in [0.4, 0.5) is 0 Å². The average Bonchev–Trinajstić information content (AvgIpc) is 2.53. The molecule has 21 heavy (non-hydrogen) atoms. The van der Waals surface area contributed by atoms with Gasteiger partial charge in [-0.05, 0) is 23.3 Å². The summed E-state index contributed by atoms with van der Waals surface area (Å²) < 4.78 is 11.4. The molecule has 1 N–H and O–H groups in total. The van der Waals surface area contributed by atoms with Crippen molar-refractivity contribution in [3.8, 4) is 22.6 Å². The molecule has 0 aliphatic carbocycles. The molecular weight excluding hydrogens is 282 g/mol. The molecule has 0 amide bonds. The van der Waals surface area contributed by atoms with E-state index in [2.05, 4.69) is 17.1 Å². The van der Waals surface area contributed by atoms with Gasteiger partial charge in [-0.3, -0.25) is 0 Å². The van der Waals surface area contributed by atoms with Crippen LogP contribution in [0.3, 0.4) is 0 Å². The lowest BCUT2D eigenvalue weighted by Gasteiger charge is -2.12. The predicted octanol–water partition coefficient (Wildman–Crippen LogP) is 4.58. The van der Waals surface area contributed by atoms with Crippen molar-refractivity contribution < 1.29 is 9.47 Å². The molecular formula is C17H15NO2S. The highest BCUT2D eigenvalue weighted by Crippen LogP contribution is 2.36. The summed E-state index contributed by atoms with van der Waals surface area (Å²) in [7, 11) is 3.26. The van der Waals surface area contributed by atoms with Gasteiger partial charge in [0, 0.05) is 11.5 Å². The van der Waals surface area contributed by atoms with E-state index in [0.717, 1.165) is 22.0 Å².